The number of hydrogen-bond donors (Lipinski definition) is 2. The standard InChI is InChI=1S/C32H34Cl2N6O4S/c1-45-37-31(41)36-24-3-5-25(6-4-24)39-14-16-40(17-15-39)26-7-9-27(10-8-26)42-19-28-20-43-32(44-28,21-38-13-12-35-22-38)29-11-2-23(33)18-30(29)34/h2-13,18,22,28H,14-17,19-21H2,1H3,(H2,36,37,41). The number of amides is 2. The lowest BCUT2D eigenvalue weighted by Gasteiger charge is -2.37. The Morgan fingerprint density at radius 3 is 2.33 bits per heavy atom. The number of carbonyl (C=O) groups is 1. The van der Waals surface area contributed by atoms with Crippen molar-refractivity contribution in [2.24, 2.45) is 0 Å². The molecule has 10 nitrogen and oxygen atoms in total. The third kappa shape index (κ3) is 7.62. The van der Waals surface area contributed by atoms with Gasteiger partial charge in [-0.3, -0.25) is 4.72 Å². The quantitative estimate of drug-likeness (QED) is 0.191. The van der Waals surface area contributed by atoms with Gasteiger partial charge in [-0.15, -0.1) is 0 Å². The van der Waals surface area contributed by atoms with Gasteiger partial charge in [-0.25, -0.2) is 9.78 Å². The molecule has 2 atom stereocenters. The van der Waals surface area contributed by atoms with Gasteiger partial charge in [0.2, 0.25) is 5.79 Å². The molecule has 0 bridgehead atoms. The first-order valence-corrected chi connectivity index (χ1v) is 16.5. The number of carbonyl (C=O) groups excluding carboxylic acids is 1. The number of nitrogens with one attached hydrogen (secondary N) is 2. The number of benzene rings is 3. The maximum atomic E-state index is 11.7. The molecule has 45 heavy (non-hydrogen) atoms. The van der Waals surface area contributed by atoms with Crippen LogP contribution in [-0.2, 0) is 21.8 Å². The highest BCUT2D eigenvalue weighted by Crippen LogP contribution is 2.40. The SMILES string of the molecule is CSNC(=O)Nc1ccc(N2CCN(c3ccc(OCC4COC(Cn5ccnc5)(c5ccc(Cl)cc5Cl)O4)cc3)CC2)cc1. The zero-order valence-electron chi connectivity index (χ0n) is 24.7. The van der Waals surface area contributed by atoms with Crippen LogP contribution in [0.2, 0.25) is 10.0 Å². The summed E-state index contributed by atoms with van der Waals surface area (Å²) in [6.07, 6.45) is 6.79. The Morgan fingerprint density at radius 1 is 1.02 bits per heavy atom. The van der Waals surface area contributed by atoms with Crippen molar-refractivity contribution in [3.63, 3.8) is 0 Å². The first-order chi connectivity index (χ1) is 21.9. The van der Waals surface area contributed by atoms with Gasteiger partial charge in [0, 0.05) is 72.5 Å². The summed E-state index contributed by atoms with van der Waals surface area (Å²) in [5.41, 5.74) is 3.76. The highest BCUT2D eigenvalue weighted by atomic mass is 35.5. The summed E-state index contributed by atoms with van der Waals surface area (Å²) < 4.78 is 23.5. The van der Waals surface area contributed by atoms with E-state index < -0.39 is 5.79 Å². The molecular weight excluding hydrogens is 635 g/mol. The fraction of sp³-hybridized carbons (Fsp3) is 0.312. The molecule has 2 aliphatic heterocycles. The van der Waals surface area contributed by atoms with E-state index in [9.17, 15) is 4.79 Å². The molecule has 2 N–H and O–H groups in total. The Kier molecular flexibility index (Phi) is 9.91. The minimum atomic E-state index is -1.09. The molecule has 13 heteroatoms. The first kappa shape index (κ1) is 31.4. The normalized spacial score (nSPS) is 19.8. The van der Waals surface area contributed by atoms with E-state index in [-0.39, 0.29) is 12.1 Å². The maximum absolute atomic E-state index is 11.7. The molecule has 2 saturated heterocycles. The van der Waals surface area contributed by atoms with Crippen LogP contribution in [0, 0.1) is 0 Å². The fourth-order valence-electron chi connectivity index (χ4n) is 5.55. The van der Waals surface area contributed by atoms with Crippen LogP contribution in [0.25, 0.3) is 0 Å². The third-order valence-electron chi connectivity index (χ3n) is 7.75. The number of imidazole rings is 1. The summed E-state index contributed by atoms with van der Waals surface area (Å²) in [6, 6.07) is 21.2. The number of aromatic nitrogens is 2. The van der Waals surface area contributed by atoms with E-state index >= 15 is 0 Å². The van der Waals surface area contributed by atoms with Gasteiger partial charge < -0.3 is 33.9 Å². The van der Waals surface area contributed by atoms with Gasteiger partial charge in [0.05, 0.1) is 24.5 Å². The minimum absolute atomic E-state index is 0.232. The third-order valence-corrected chi connectivity index (χ3v) is 8.69. The van der Waals surface area contributed by atoms with Crippen LogP contribution in [0.15, 0.2) is 85.5 Å². The number of ether oxygens (including phenoxy) is 3. The molecule has 2 unspecified atom stereocenters. The highest BCUT2D eigenvalue weighted by Gasteiger charge is 2.45. The van der Waals surface area contributed by atoms with E-state index in [0.717, 1.165) is 49.0 Å². The van der Waals surface area contributed by atoms with Gasteiger partial charge in [0.25, 0.3) is 0 Å². The van der Waals surface area contributed by atoms with E-state index in [4.69, 9.17) is 37.4 Å². The predicted molar refractivity (Wildman–Crippen MR) is 180 cm³/mol. The molecule has 3 heterocycles. The molecule has 1 aromatic heterocycles. The van der Waals surface area contributed by atoms with Crippen molar-refractivity contribution in [3.05, 3.63) is 101 Å². The van der Waals surface area contributed by atoms with E-state index in [1.165, 1.54) is 11.9 Å². The first-order valence-electron chi connectivity index (χ1n) is 14.6. The van der Waals surface area contributed by atoms with Crippen LogP contribution >= 0.6 is 35.1 Å². The maximum Gasteiger partial charge on any atom is 0.329 e. The molecular formula is C32H34Cl2N6O4S. The van der Waals surface area contributed by atoms with Crippen LogP contribution < -0.4 is 24.6 Å². The summed E-state index contributed by atoms with van der Waals surface area (Å²) >= 11 is 14.0. The number of rotatable bonds is 10. The van der Waals surface area contributed by atoms with Gasteiger partial charge in [0.15, 0.2) is 0 Å². The Hall–Kier alpha value is -3.61. The van der Waals surface area contributed by atoms with E-state index in [1.807, 2.05) is 59.5 Å². The van der Waals surface area contributed by atoms with Crippen LogP contribution in [0.3, 0.4) is 0 Å². The van der Waals surface area contributed by atoms with Crippen molar-refractivity contribution in [1.29, 1.82) is 0 Å². The van der Waals surface area contributed by atoms with Crippen LogP contribution in [-0.4, -0.2) is 67.3 Å². The average molecular weight is 670 g/mol. The molecule has 0 saturated carbocycles. The van der Waals surface area contributed by atoms with E-state index in [0.29, 0.717) is 35.4 Å². The van der Waals surface area contributed by atoms with E-state index in [1.54, 1.807) is 24.7 Å². The van der Waals surface area contributed by atoms with Crippen molar-refractivity contribution >= 4 is 58.2 Å². The molecule has 0 aliphatic carbocycles. The molecule has 4 aromatic rings. The Morgan fingerprint density at radius 2 is 1.71 bits per heavy atom. The van der Waals surface area contributed by atoms with Gasteiger partial charge >= 0.3 is 6.03 Å². The molecule has 0 radical (unpaired) electrons. The van der Waals surface area contributed by atoms with Gasteiger partial charge in [0.1, 0.15) is 18.5 Å². The van der Waals surface area contributed by atoms with Gasteiger partial charge in [-0.1, -0.05) is 41.2 Å². The van der Waals surface area contributed by atoms with Crippen LogP contribution in [0.1, 0.15) is 5.56 Å². The smallest absolute Gasteiger partial charge is 0.329 e. The largest absolute Gasteiger partial charge is 0.491 e. The summed E-state index contributed by atoms with van der Waals surface area (Å²) in [5, 5.41) is 3.84. The highest BCUT2D eigenvalue weighted by molar-refractivity contribution is 7.97. The lowest BCUT2D eigenvalue weighted by atomic mass is 10.1. The zero-order valence-corrected chi connectivity index (χ0v) is 27.0. The van der Waals surface area contributed by atoms with Gasteiger partial charge in [-0.05, 0) is 60.7 Å². The topological polar surface area (TPSA) is 93.1 Å². The predicted octanol–water partition coefficient (Wildman–Crippen LogP) is 6.26. The van der Waals surface area contributed by atoms with Crippen LogP contribution in [0.4, 0.5) is 21.9 Å². The summed E-state index contributed by atoms with van der Waals surface area (Å²) in [7, 11) is 0. The molecule has 6 rings (SSSR count). The number of urea groups is 1. The molecule has 2 amide bonds. The number of halogens is 2. The zero-order chi connectivity index (χ0) is 31.2. The fourth-order valence-corrected chi connectivity index (χ4v) is 6.33. The van der Waals surface area contributed by atoms with Crippen molar-refractivity contribution in [1.82, 2.24) is 14.3 Å². The number of anilines is 3. The Bertz CT molecular complexity index is 1570. The van der Waals surface area contributed by atoms with Crippen molar-refractivity contribution < 1.29 is 19.0 Å². The second kappa shape index (κ2) is 14.2. The number of piperazine rings is 1. The second-order valence-electron chi connectivity index (χ2n) is 10.7. The number of hydrogen-bond acceptors (Lipinski definition) is 8. The monoisotopic (exact) mass is 668 g/mol. The molecule has 2 aliphatic rings. The second-order valence-corrected chi connectivity index (χ2v) is 12.2. The average Bonchev–Trinajstić information content (AvgIpc) is 3.71. The lowest BCUT2D eigenvalue weighted by molar-refractivity contribution is -0.189. The van der Waals surface area contributed by atoms with Crippen molar-refractivity contribution in [3.8, 4) is 5.75 Å². The van der Waals surface area contributed by atoms with Crippen molar-refractivity contribution in [2.45, 2.75) is 18.4 Å². The van der Waals surface area contributed by atoms with E-state index in [2.05, 4.69) is 37.0 Å². The molecule has 3 aromatic carbocycles. The molecule has 0 spiro atoms. The summed E-state index contributed by atoms with van der Waals surface area (Å²) in [6.45, 7) is 4.65. The molecule has 2 fully saturated rings. The molecule has 236 valence electrons. The number of nitrogens with zero attached hydrogens (tertiary/aromatic N) is 4. The summed E-state index contributed by atoms with van der Waals surface area (Å²) in [5.74, 6) is -0.330. The lowest BCUT2D eigenvalue weighted by Crippen LogP contribution is -2.46. The Balaban J connectivity index is 1.01. The van der Waals surface area contributed by atoms with Gasteiger partial charge in [-0.2, -0.15) is 0 Å². The van der Waals surface area contributed by atoms with Crippen LogP contribution in [0.5, 0.6) is 5.75 Å². The van der Waals surface area contributed by atoms with Crippen molar-refractivity contribution in [2.75, 3.05) is 60.8 Å². The summed E-state index contributed by atoms with van der Waals surface area (Å²) in [4.78, 5) is 20.6. The Labute approximate surface area is 276 Å². The minimum Gasteiger partial charge on any atom is -0.491 e.